The Hall–Kier alpha value is -3.50. The number of unbranched alkanes of at least 4 members (excludes halogenated alkanes) is 7. The molecule has 0 aromatic rings. The molecule has 0 aromatic heterocycles. The van der Waals surface area contributed by atoms with Gasteiger partial charge in [0, 0.05) is 13.0 Å². The molecule has 0 aromatic carbocycles. The Morgan fingerprint density at radius 3 is 1.45 bits per heavy atom. The Morgan fingerprint density at radius 1 is 0.576 bits per heavy atom. The molecule has 1 fully saturated rings. The van der Waals surface area contributed by atoms with Crippen molar-refractivity contribution in [3.05, 3.63) is 122 Å². The molecule has 4 N–H and O–H groups in total. The number of carbonyl (C=O) groups excluding carboxylic acids is 1. The van der Waals surface area contributed by atoms with E-state index < -0.39 is 59.8 Å². The molecule has 1 aliphatic heterocycles. The van der Waals surface area contributed by atoms with Crippen LogP contribution in [0, 0.1) is 0 Å². The van der Waals surface area contributed by atoms with Crippen molar-refractivity contribution in [2.75, 3.05) is 26.4 Å². The standard InChI is InChI=1S/C53H84O12S/c1-3-5-7-9-11-13-15-17-19-21-23-24-25-26-28-30-32-34-36-38-40-42-49(55)63-47(46-62-53-51(57)52(65-66(58,59)60)50(56)48(44-54)64-53)45-61-43-41-39-37-35-33-31-29-27-22-20-18-16-14-12-10-8-6-4-2/h5-8,11-14,17-20,23-24,26-29,33,35,47-48,50-54,56-57H,3-4,9-10,15-16,21-22,25,30-32,34,36-46H2,1-2H3,(H,58,59,60)/b7-5-,8-6-,13-11-,14-12-,19-17-,20-18-,24-23-,28-26-,29-27-,35-33-. The molecule has 0 radical (unpaired) electrons. The lowest BCUT2D eigenvalue weighted by molar-refractivity contribution is -0.301. The number of hydrogen-bond acceptors (Lipinski definition) is 11. The number of aliphatic hydroxyl groups is 3. The molecule has 1 saturated heterocycles. The van der Waals surface area contributed by atoms with Crippen LogP contribution in [0.1, 0.15) is 142 Å². The summed E-state index contributed by atoms with van der Waals surface area (Å²) in [5, 5.41) is 30.7. The first kappa shape index (κ1) is 60.5. The summed E-state index contributed by atoms with van der Waals surface area (Å²) in [4.78, 5) is 12.9. The van der Waals surface area contributed by atoms with Gasteiger partial charge in [-0.1, -0.05) is 155 Å². The van der Waals surface area contributed by atoms with E-state index in [-0.39, 0.29) is 19.6 Å². The van der Waals surface area contributed by atoms with Gasteiger partial charge in [0.05, 0.1) is 19.8 Å². The van der Waals surface area contributed by atoms with E-state index in [9.17, 15) is 33.1 Å². The molecule has 1 aliphatic rings. The van der Waals surface area contributed by atoms with Crippen molar-refractivity contribution in [3.63, 3.8) is 0 Å². The van der Waals surface area contributed by atoms with Gasteiger partial charge in [0.25, 0.3) is 0 Å². The minimum Gasteiger partial charge on any atom is -0.457 e. The van der Waals surface area contributed by atoms with Crippen LogP contribution in [-0.4, -0.2) is 97.5 Å². The lowest BCUT2D eigenvalue weighted by Crippen LogP contribution is -2.60. The van der Waals surface area contributed by atoms with Crippen molar-refractivity contribution >= 4 is 16.4 Å². The Morgan fingerprint density at radius 2 is 1.00 bits per heavy atom. The number of ether oxygens (including phenoxy) is 4. The van der Waals surface area contributed by atoms with Crippen LogP contribution in [0.15, 0.2) is 122 Å². The van der Waals surface area contributed by atoms with E-state index in [0.29, 0.717) is 13.0 Å². The summed E-state index contributed by atoms with van der Waals surface area (Å²) in [6.45, 7) is 3.60. The molecule has 66 heavy (non-hydrogen) atoms. The first-order valence-electron chi connectivity index (χ1n) is 24.3. The highest BCUT2D eigenvalue weighted by atomic mass is 32.3. The quantitative estimate of drug-likeness (QED) is 0.0198. The maximum Gasteiger partial charge on any atom is 0.397 e. The molecule has 0 saturated carbocycles. The van der Waals surface area contributed by atoms with Crippen molar-refractivity contribution in [3.8, 4) is 0 Å². The maximum absolute atomic E-state index is 12.9. The third kappa shape index (κ3) is 35.7. The lowest BCUT2D eigenvalue weighted by atomic mass is 9.99. The molecule has 0 spiro atoms. The molecule has 6 atom stereocenters. The summed E-state index contributed by atoms with van der Waals surface area (Å²) in [6, 6.07) is 0. The second-order valence-corrected chi connectivity index (χ2v) is 17.0. The van der Waals surface area contributed by atoms with Crippen LogP contribution in [0.2, 0.25) is 0 Å². The number of esters is 1. The first-order valence-corrected chi connectivity index (χ1v) is 25.7. The average Bonchev–Trinajstić information content (AvgIpc) is 3.29. The van der Waals surface area contributed by atoms with Crippen molar-refractivity contribution in [1.29, 1.82) is 0 Å². The number of aliphatic hydroxyl groups excluding tert-OH is 3. The third-order valence-corrected chi connectivity index (χ3v) is 10.5. The van der Waals surface area contributed by atoms with E-state index in [1.54, 1.807) is 0 Å². The third-order valence-electron chi connectivity index (χ3n) is 10.1. The second kappa shape index (κ2) is 42.8. The molecule has 0 bridgehead atoms. The van der Waals surface area contributed by atoms with Crippen LogP contribution in [0.25, 0.3) is 0 Å². The number of rotatable bonds is 40. The van der Waals surface area contributed by atoms with Crippen molar-refractivity contribution < 1.29 is 56.2 Å². The number of carbonyl (C=O) groups is 1. The minimum absolute atomic E-state index is 0.0109. The zero-order chi connectivity index (χ0) is 48.2. The maximum atomic E-state index is 12.9. The fourth-order valence-corrected chi connectivity index (χ4v) is 7.00. The van der Waals surface area contributed by atoms with Crippen LogP contribution in [-0.2, 0) is 38.3 Å². The molecule has 0 amide bonds. The highest BCUT2D eigenvalue weighted by Crippen LogP contribution is 2.26. The summed E-state index contributed by atoms with van der Waals surface area (Å²) in [6.07, 6.45) is 52.3. The van der Waals surface area contributed by atoms with Crippen LogP contribution >= 0.6 is 0 Å². The van der Waals surface area contributed by atoms with Crippen LogP contribution in [0.3, 0.4) is 0 Å². The van der Waals surface area contributed by atoms with Gasteiger partial charge in [0.1, 0.15) is 30.5 Å². The summed E-state index contributed by atoms with van der Waals surface area (Å²) < 4.78 is 59.1. The van der Waals surface area contributed by atoms with Crippen LogP contribution in [0.4, 0.5) is 0 Å². The lowest BCUT2D eigenvalue weighted by Gasteiger charge is -2.41. The minimum atomic E-state index is -5.08. The molecule has 1 rings (SSSR count). The first-order chi connectivity index (χ1) is 32.1. The van der Waals surface area contributed by atoms with Gasteiger partial charge in [0.15, 0.2) is 6.29 Å². The van der Waals surface area contributed by atoms with Crippen molar-refractivity contribution in [1.82, 2.24) is 0 Å². The summed E-state index contributed by atoms with van der Waals surface area (Å²) in [5.74, 6) is -0.439. The molecule has 0 aliphatic carbocycles. The van der Waals surface area contributed by atoms with E-state index >= 15 is 0 Å². The zero-order valence-electron chi connectivity index (χ0n) is 39.9. The summed E-state index contributed by atoms with van der Waals surface area (Å²) in [5.41, 5.74) is 0. The van der Waals surface area contributed by atoms with Crippen LogP contribution in [0.5, 0.6) is 0 Å². The van der Waals surface area contributed by atoms with E-state index in [4.69, 9.17) is 18.9 Å². The topological polar surface area (TPSA) is 178 Å². The van der Waals surface area contributed by atoms with Gasteiger partial charge in [-0.15, -0.1) is 0 Å². The van der Waals surface area contributed by atoms with Crippen molar-refractivity contribution in [2.24, 2.45) is 0 Å². The van der Waals surface area contributed by atoms with E-state index in [2.05, 4.69) is 140 Å². The van der Waals surface area contributed by atoms with Crippen LogP contribution < -0.4 is 0 Å². The monoisotopic (exact) mass is 945 g/mol. The van der Waals surface area contributed by atoms with E-state index in [1.807, 2.05) is 0 Å². The van der Waals surface area contributed by atoms with E-state index in [1.165, 1.54) is 0 Å². The molecule has 12 nitrogen and oxygen atoms in total. The largest absolute Gasteiger partial charge is 0.457 e. The Balaban J connectivity index is 2.46. The fraction of sp³-hybridized carbons (Fsp3) is 0.604. The molecule has 374 valence electrons. The highest BCUT2D eigenvalue weighted by molar-refractivity contribution is 7.80. The molecule has 6 unspecified atom stereocenters. The Labute approximate surface area is 398 Å². The molecule has 1 heterocycles. The predicted molar refractivity (Wildman–Crippen MR) is 266 cm³/mol. The Bertz CT molecular complexity index is 1610. The van der Waals surface area contributed by atoms with Gasteiger partial charge >= 0.3 is 16.4 Å². The van der Waals surface area contributed by atoms with Gasteiger partial charge in [-0.05, 0) is 103 Å². The molecular weight excluding hydrogens is 861 g/mol. The average molecular weight is 945 g/mol. The van der Waals surface area contributed by atoms with Gasteiger partial charge in [-0.25, -0.2) is 4.18 Å². The number of allylic oxidation sites excluding steroid dienone is 20. The Kier molecular flexibility index (Phi) is 39.3. The predicted octanol–water partition coefficient (Wildman–Crippen LogP) is 11.0. The van der Waals surface area contributed by atoms with Gasteiger partial charge < -0.3 is 34.3 Å². The van der Waals surface area contributed by atoms with Gasteiger partial charge in [-0.3, -0.25) is 9.35 Å². The fourth-order valence-electron chi connectivity index (χ4n) is 6.49. The van der Waals surface area contributed by atoms with Gasteiger partial charge in [0.2, 0.25) is 0 Å². The number of hydrogen-bond donors (Lipinski definition) is 4. The SMILES string of the molecule is CC/C=C\C/C=C\C/C=C\C/C=C\C/C=C\CCCCCCCC(=O)OC(COCCCC/C=C\C/C=C\C/C=C\C/C=C\C/C=C\CC)COC1OC(CO)C(O)C(OS(=O)(=O)O)C1O. The zero-order valence-corrected chi connectivity index (χ0v) is 40.8. The second-order valence-electron chi connectivity index (χ2n) is 15.9. The van der Waals surface area contributed by atoms with Gasteiger partial charge in [-0.2, -0.15) is 8.42 Å². The summed E-state index contributed by atoms with van der Waals surface area (Å²) >= 11 is 0. The molecule has 13 heteroatoms. The summed E-state index contributed by atoms with van der Waals surface area (Å²) in [7, 11) is -5.08. The van der Waals surface area contributed by atoms with E-state index in [0.717, 1.165) is 116 Å². The van der Waals surface area contributed by atoms with Crippen molar-refractivity contribution in [2.45, 2.75) is 179 Å². The molecular formula is C53H84O12S. The smallest absolute Gasteiger partial charge is 0.397 e. The highest BCUT2D eigenvalue weighted by Gasteiger charge is 2.48. The normalized spacial score (nSPS) is 20.6.